The summed E-state index contributed by atoms with van der Waals surface area (Å²) in [6, 6.07) is 7.96. The average Bonchev–Trinajstić information content (AvgIpc) is 3.51. The number of likely N-dealkylation sites (N-methyl/N-ethyl adjacent to an activating group) is 2. The van der Waals surface area contributed by atoms with Gasteiger partial charge in [0.2, 0.25) is 5.91 Å². The predicted octanol–water partition coefficient (Wildman–Crippen LogP) is 3.05. The number of anilines is 2. The molecular weight excluding hydrogens is 568 g/mol. The number of aromatic amines is 1. The van der Waals surface area contributed by atoms with Crippen LogP contribution in [-0.4, -0.2) is 95.5 Å². The van der Waals surface area contributed by atoms with Crippen molar-refractivity contribution in [1.82, 2.24) is 30.1 Å². The zero-order chi connectivity index (χ0) is 32.2. The molecule has 45 heavy (non-hydrogen) atoms. The lowest BCUT2D eigenvalue weighted by molar-refractivity contribution is -0.125. The molecule has 2 aliphatic heterocycles. The first-order valence-electron chi connectivity index (χ1n) is 15.7. The minimum absolute atomic E-state index is 0.0714. The van der Waals surface area contributed by atoms with Gasteiger partial charge in [0, 0.05) is 92.5 Å². The summed E-state index contributed by atoms with van der Waals surface area (Å²) >= 11 is 0. The number of amides is 2. The standard InChI is InChI=1S/C34H44N8O3/c1-7-32(43)41-10-9-26(20-41)42(8-2)30-17-25(29-18-31(37-21-36-29)40-13-11-39(6)12-14-40)16-27(24(30)5)33(44)35-19-28-22(3)15-23(4)38-34(28)45/h7,15-18,21,26H,1,8-14,19-20H2,2-6H3,(H,35,44)(H,38,45). The Morgan fingerprint density at radius 3 is 2.53 bits per heavy atom. The third-order valence-corrected chi connectivity index (χ3v) is 9.06. The Labute approximate surface area is 265 Å². The van der Waals surface area contributed by atoms with Gasteiger partial charge in [-0.1, -0.05) is 6.58 Å². The van der Waals surface area contributed by atoms with Gasteiger partial charge in [0.1, 0.15) is 12.1 Å². The Balaban J connectivity index is 1.52. The van der Waals surface area contributed by atoms with Crippen LogP contribution in [-0.2, 0) is 11.3 Å². The number of rotatable bonds is 9. The maximum atomic E-state index is 13.9. The monoisotopic (exact) mass is 612 g/mol. The van der Waals surface area contributed by atoms with E-state index in [9.17, 15) is 14.4 Å². The summed E-state index contributed by atoms with van der Waals surface area (Å²) in [4.78, 5) is 59.6. The minimum Gasteiger partial charge on any atom is -0.367 e. The first-order chi connectivity index (χ1) is 21.6. The van der Waals surface area contributed by atoms with Crippen LogP contribution in [0, 0.1) is 20.8 Å². The van der Waals surface area contributed by atoms with Crippen LogP contribution in [0.5, 0.6) is 0 Å². The highest BCUT2D eigenvalue weighted by Crippen LogP contribution is 2.34. The molecule has 238 valence electrons. The molecule has 0 aliphatic carbocycles. The maximum absolute atomic E-state index is 13.9. The van der Waals surface area contributed by atoms with E-state index < -0.39 is 0 Å². The molecule has 4 heterocycles. The number of piperazine rings is 1. The van der Waals surface area contributed by atoms with Crippen LogP contribution in [0.25, 0.3) is 11.3 Å². The van der Waals surface area contributed by atoms with E-state index in [0.29, 0.717) is 30.8 Å². The smallest absolute Gasteiger partial charge is 0.253 e. The van der Waals surface area contributed by atoms with Gasteiger partial charge >= 0.3 is 0 Å². The van der Waals surface area contributed by atoms with Crippen molar-refractivity contribution in [2.75, 3.05) is 62.7 Å². The van der Waals surface area contributed by atoms with E-state index in [1.54, 1.807) is 6.33 Å². The lowest BCUT2D eigenvalue weighted by Gasteiger charge is -2.33. The summed E-state index contributed by atoms with van der Waals surface area (Å²) in [7, 11) is 2.12. The molecule has 5 rings (SSSR count). The quantitative estimate of drug-likeness (QED) is 0.354. The fourth-order valence-corrected chi connectivity index (χ4v) is 6.41. The van der Waals surface area contributed by atoms with E-state index in [1.807, 2.05) is 43.9 Å². The molecule has 0 saturated carbocycles. The SMILES string of the molecule is C=CC(=O)N1CCC(N(CC)c2cc(-c3cc(N4CCN(C)CC4)ncn3)cc(C(=O)NCc3c(C)cc(C)[nH]c3=O)c2C)C1. The Bertz CT molecular complexity index is 1640. The molecule has 2 amide bonds. The predicted molar refractivity (Wildman–Crippen MR) is 178 cm³/mol. The summed E-state index contributed by atoms with van der Waals surface area (Å²) in [6.45, 7) is 17.1. The zero-order valence-electron chi connectivity index (χ0n) is 27.0. The third-order valence-electron chi connectivity index (χ3n) is 9.06. The highest BCUT2D eigenvalue weighted by molar-refractivity contribution is 5.99. The van der Waals surface area contributed by atoms with Crippen molar-refractivity contribution in [3.05, 3.63) is 81.5 Å². The fraction of sp³-hybridized carbons (Fsp3) is 0.441. The maximum Gasteiger partial charge on any atom is 0.253 e. The van der Waals surface area contributed by atoms with Crippen molar-refractivity contribution in [3.63, 3.8) is 0 Å². The van der Waals surface area contributed by atoms with Gasteiger partial charge in [-0.15, -0.1) is 0 Å². The largest absolute Gasteiger partial charge is 0.367 e. The van der Waals surface area contributed by atoms with E-state index in [2.05, 4.69) is 61.6 Å². The molecule has 1 atom stereocenters. The van der Waals surface area contributed by atoms with Crippen molar-refractivity contribution >= 4 is 23.3 Å². The van der Waals surface area contributed by atoms with Gasteiger partial charge in [-0.3, -0.25) is 14.4 Å². The van der Waals surface area contributed by atoms with E-state index >= 15 is 0 Å². The number of nitrogens with one attached hydrogen (secondary N) is 2. The molecule has 3 aromatic rings. The van der Waals surface area contributed by atoms with Crippen LogP contribution in [0.4, 0.5) is 11.5 Å². The van der Waals surface area contributed by atoms with Crippen molar-refractivity contribution in [1.29, 1.82) is 0 Å². The number of aromatic nitrogens is 3. The molecule has 2 fully saturated rings. The highest BCUT2D eigenvalue weighted by atomic mass is 16.2. The zero-order valence-corrected chi connectivity index (χ0v) is 27.0. The fourth-order valence-electron chi connectivity index (χ4n) is 6.41. The highest BCUT2D eigenvalue weighted by Gasteiger charge is 2.31. The number of nitrogens with zero attached hydrogens (tertiary/aromatic N) is 6. The second-order valence-corrected chi connectivity index (χ2v) is 12.1. The summed E-state index contributed by atoms with van der Waals surface area (Å²) in [5, 5.41) is 3.00. The van der Waals surface area contributed by atoms with Crippen molar-refractivity contribution in [2.24, 2.45) is 0 Å². The third kappa shape index (κ3) is 6.93. The van der Waals surface area contributed by atoms with Crippen LogP contribution in [0.1, 0.15) is 46.1 Å². The number of benzene rings is 1. The molecule has 0 spiro atoms. The molecular formula is C34H44N8O3. The van der Waals surface area contributed by atoms with E-state index in [-0.39, 0.29) is 30.0 Å². The summed E-state index contributed by atoms with van der Waals surface area (Å²) in [5.74, 6) is 0.518. The lowest BCUT2D eigenvalue weighted by atomic mass is 9.97. The van der Waals surface area contributed by atoms with Gasteiger partial charge in [0.25, 0.3) is 11.5 Å². The number of carbonyl (C=O) groups excluding carboxylic acids is 2. The second-order valence-electron chi connectivity index (χ2n) is 12.1. The van der Waals surface area contributed by atoms with Crippen LogP contribution in [0.2, 0.25) is 0 Å². The summed E-state index contributed by atoms with van der Waals surface area (Å²) < 4.78 is 0. The molecule has 11 nitrogen and oxygen atoms in total. The van der Waals surface area contributed by atoms with Crippen LogP contribution >= 0.6 is 0 Å². The molecule has 2 aliphatic rings. The molecule has 2 N–H and O–H groups in total. The number of aryl methyl sites for hydroxylation is 2. The number of hydrogen-bond acceptors (Lipinski definition) is 8. The van der Waals surface area contributed by atoms with Crippen LogP contribution in [0.15, 0.2) is 48.0 Å². The van der Waals surface area contributed by atoms with Gasteiger partial charge in [-0.05, 0) is 76.6 Å². The number of hydrogen-bond donors (Lipinski definition) is 2. The number of likely N-dealkylation sites (tertiary alicyclic amines) is 1. The first-order valence-corrected chi connectivity index (χ1v) is 15.7. The molecule has 1 aromatic carbocycles. The van der Waals surface area contributed by atoms with Gasteiger partial charge < -0.3 is 29.9 Å². The Kier molecular flexibility index (Phi) is 9.67. The Morgan fingerprint density at radius 1 is 1.09 bits per heavy atom. The summed E-state index contributed by atoms with van der Waals surface area (Å²) in [6.07, 6.45) is 3.76. The second kappa shape index (κ2) is 13.6. The van der Waals surface area contributed by atoms with Crippen molar-refractivity contribution in [3.8, 4) is 11.3 Å². The van der Waals surface area contributed by atoms with Crippen LogP contribution < -0.4 is 20.7 Å². The van der Waals surface area contributed by atoms with E-state index in [0.717, 1.165) is 72.2 Å². The van der Waals surface area contributed by atoms with Crippen molar-refractivity contribution in [2.45, 2.75) is 46.7 Å². The van der Waals surface area contributed by atoms with Crippen molar-refractivity contribution < 1.29 is 9.59 Å². The molecule has 0 bridgehead atoms. The lowest BCUT2D eigenvalue weighted by Crippen LogP contribution is -2.44. The number of H-pyrrole nitrogens is 1. The molecule has 0 radical (unpaired) electrons. The molecule has 2 aromatic heterocycles. The number of pyridine rings is 1. The van der Waals surface area contributed by atoms with Gasteiger partial charge in [-0.25, -0.2) is 9.97 Å². The average molecular weight is 613 g/mol. The van der Waals surface area contributed by atoms with Gasteiger partial charge in [-0.2, -0.15) is 0 Å². The summed E-state index contributed by atoms with van der Waals surface area (Å²) in [5.41, 5.74) is 5.73. The van der Waals surface area contributed by atoms with Gasteiger partial charge in [0.15, 0.2) is 0 Å². The Morgan fingerprint density at radius 2 is 1.84 bits per heavy atom. The van der Waals surface area contributed by atoms with Gasteiger partial charge in [0.05, 0.1) is 5.69 Å². The number of carbonyl (C=O) groups is 2. The Hall–Kier alpha value is -4.51. The van der Waals surface area contributed by atoms with Crippen LogP contribution in [0.3, 0.4) is 0 Å². The topological polar surface area (TPSA) is 118 Å². The van der Waals surface area contributed by atoms with E-state index in [4.69, 9.17) is 0 Å². The normalized spacial score (nSPS) is 17.0. The first kappa shape index (κ1) is 31.9. The molecule has 1 unspecified atom stereocenters. The minimum atomic E-state index is -0.269. The molecule has 11 heteroatoms. The molecule has 2 saturated heterocycles. The van der Waals surface area contributed by atoms with E-state index in [1.165, 1.54) is 6.08 Å².